The number of aliphatic imine (C=N–C) groups is 1. The van der Waals surface area contributed by atoms with Crippen LogP contribution in [-0.2, 0) is 9.53 Å². The number of hydrogen-bond acceptors (Lipinski definition) is 6. The van der Waals surface area contributed by atoms with Gasteiger partial charge >= 0.3 is 6.09 Å². The number of hydrogen-bond donors (Lipinski definition) is 4. The van der Waals surface area contributed by atoms with Gasteiger partial charge in [0.05, 0.1) is 12.4 Å². The molecule has 44 heavy (non-hydrogen) atoms. The number of allylic oxidation sites excluding steroid dienone is 5. The Hall–Kier alpha value is -3.82. The molecule has 242 valence electrons. The zero-order valence-electron chi connectivity index (χ0n) is 27.2. The van der Waals surface area contributed by atoms with Crippen molar-refractivity contribution < 1.29 is 19.4 Å². The number of nitrogens with two attached hydrogens (primary N) is 1. The molecule has 10 heteroatoms. The second-order valence-corrected chi connectivity index (χ2v) is 11.0. The Kier molecular flexibility index (Phi) is 17.5. The van der Waals surface area contributed by atoms with Crippen LogP contribution in [0, 0.1) is 0 Å². The lowest BCUT2D eigenvalue weighted by Crippen LogP contribution is -2.41. The number of amides is 2. The van der Waals surface area contributed by atoms with E-state index in [1.165, 1.54) is 42.5 Å². The monoisotopic (exact) mass is 627 g/mol. The predicted molar refractivity (Wildman–Crippen MR) is 183 cm³/mol. The lowest BCUT2D eigenvalue weighted by atomic mass is 9.88. The summed E-state index contributed by atoms with van der Waals surface area (Å²) < 4.78 is 5.34. The van der Waals surface area contributed by atoms with Gasteiger partial charge in [-0.15, -0.1) is 0 Å². The molecule has 0 spiro atoms. The number of halogens is 1. The van der Waals surface area contributed by atoms with E-state index in [1.54, 1.807) is 30.4 Å². The number of ether oxygens (including phenoxy) is 1. The number of carbonyl (C=O) groups excluding carboxylic acids is 2. The number of likely N-dealkylation sites (tertiary alicyclic amines) is 1. The van der Waals surface area contributed by atoms with Crippen LogP contribution < -0.4 is 16.4 Å². The van der Waals surface area contributed by atoms with E-state index in [-0.39, 0.29) is 12.2 Å². The Balaban J connectivity index is 0.000000513. The molecule has 9 nitrogen and oxygen atoms in total. The average molecular weight is 628 g/mol. The second-order valence-electron chi connectivity index (χ2n) is 10.6. The third kappa shape index (κ3) is 13.7. The van der Waals surface area contributed by atoms with Gasteiger partial charge in [-0.2, -0.15) is 0 Å². The molecule has 1 aliphatic heterocycles. The van der Waals surface area contributed by atoms with E-state index < -0.39 is 11.5 Å². The van der Waals surface area contributed by atoms with Gasteiger partial charge in [0.25, 0.3) is 5.91 Å². The van der Waals surface area contributed by atoms with Gasteiger partial charge < -0.3 is 31.1 Å². The van der Waals surface area contributed by atoms with Gasteiger partial charge in [0.1, 0.15) is 5.60 Å². The summed E-state index contributed by atoms with van der Waals surface area (Å²) in [5.74, 6) is -0.397. The highest BCUT2D eigenvalue weighted by Crippen LogP contribution is 2.37. The van der Waals surface area contributed by atoms with Gasteiger partial charge in [0, 0.05) is 31.7 Å². The maximum Gasteiger partial charge on any atom is 0.410 e. The molecule has 1 aromatic carbocycles. The van der Waals surface area contributed by atoms with Crippen molar-refractivity contribution in [3.63, 3.8) is 0 Å². The minimum atomic E-state index is -1.33. The van der Waals surface area contributed by atoms with Crippen molar-refractivity contribution in [2.75, 3.05) is 26.7 Å². The van der Waals surface area contributed by atoms with Gasteiger partial charge in [-0.05, 0) is 106 Å². The molecule has 2 amide bonds. The summed E-state index contributed by atoms with van der Waals surface area (Å²) in [6.45, 7) is 12.4. The molecule has 2 aliphatic rings. The van der Waals surface area contributed by atoms with Crippen LogP contribution in [0.4, 0.5) is 4.79 Å². The number of rotatable bonds is 7. The normalized spacial score (nSPS) is 16.0. The van der Waals surface area contributed by atoms with Gasteiger partial charge in [0.15, 0.2) is 0 Å². The van der Waals surface area contributed by atoms with E-state index >= 15 is 0 Å². The standard InChI is InChI=1S/C23H27ClN2O2.C9H17N3O2.C2H6/c1-16(2)28-23(27)26-12-9-18(10-13-26)22-14-17(4-3-11-25)5-6-19-15-20(24)7-8-21(19)22;1-9(2,14)8(13)12-6-4-5-11-7-10-3;1-2/h3-8,11,15-16H,9-10,12-14,25H2,1-2H3;4-5,7,14H,6H2,1-3H3,(H,10,11)(H,12,13);1-2H3/b11-3-,17-4-;5-4+;. The average Bonchev–Trinajstić information content (AvgIpc) is 3.17. The molecule has 1 heterocycles. The molecule has 1 fully saturated rings. The van der Waals surface area contributed by atoms with Crippen molar-refractivity contribution in [2.24, 2.45) is 10.7 Å². The minimum absolute atomic E-state index is 0.0971. The first-order chi connectivity index (χ1) is 21.0. The summed E-state index contributed by atoms with van der Waals surface area (Å²) in [6.07, 6.45) is 16.8. The Bertz CT molecular complexity index is 1250. The van der Waals surface area contributed by atoms with E-state index in [4.69, 9.17) is 22.1 Å². The molecule has 0 atom stereocenters. The first-order valence-corrected chi connectivity index (χ1v) is 15.4. The van der Waals surface area contributed by atoms with Crippen LogP contribution >= 0.6 is 11.6 Å². The van der Waals surface area contributed by atoms with Crippen molar-refractivity contribution in [1.29, 1.82) is 0 Å². The number of nitrogens with zero attached hydrogens (tertiary/aromatic N) is 2. The van der Waals surface area contributed by atoms with Crippen LogP contribution in [0.25, 0.3) is 11.6 Å². The Morgan fingerprint density at radius 3 is 2.48 bits per heavy atom. The van der Waals surface area contributed by atoms with Crippen molar-refractivity contribution >= 4 is 41.6 Å². The topological polar surface area (TPSA) is 129 Å². The Morgan fingerprint density at radius 1 is 1.20 bits per heavy atom. The lowest BCUT2D eigenvalue weighted by molar-refractivity contribution is -0.136. The van der Waals surface area contributed by atoms with Crippen LogP contribution in [0.2, 0.25) is 5.02 Å². The highest BCUT2D eigenvalue weighted by molar-refractivity contribution is 6.30. The predicted octanol–water partition coefficient (Wildman–Crippen LogP) is 6.21. The third-order valence-corrected chi connectivity index (χ3v) is 6.60. The van der Waals surface area contributed by atoms with Crippen LogP contribution in [0.1, 0.15) is 71.9 Å². The molecule has 1 saturated heterocycles. The maximum atomic E-state index is 12.2. The van der Waals surface area contributed by atoms with Crippen molar-refractivity contribution in [2.45, 2.75) is 72.5 Å². The molecule has 0 aromatic heterocycles. The van der Waals surface area contributed by atoms with Crippen molar-refractivity contribution in [3.05, 3.63) is 82.2 Å². The summed E-state index contributed by atoms with van der Waals surface area (Å²) in [6, 6.07) is 6.05. The summed E-state index contributed by atoms with van der Waals surface area (Å²) in [5.41, 5.74) is 10.4. The van der Waals surface area contributed by atoms with E-state index in [0.717, 1.165) is 29.8 Å². The molecular formula is C34H50ClN5O4. The highest BCUT2D eigenvalue weighted by atomic mass is 35.5. The van der Waals surface area contributed by atoms with Gasteiger partial charge in [-0.1, -0.05) is 55.3 Å². The first-order valence-electron chi connectivity index (χ1n) is 15.0. The quantitative estimate of drug-likeness (QED) is 0.210. The first kappa shape index (κ1) is 38.2. The number of carbonyl (C=O) groups is 2. The number of fused-ring (bicyclic) bond motifs is 1. The van der Waals surface area contributed by atoms with Crippen LogP contribution in [0.5, 0.6) is 0 Å². The fourth-order valence-corrected chi connectivity index (χ4v) is 4.44. The molecule has 0 radical (unpaired) electrons. The van der Waals surface area contributed by atoms with E-state index in [9.17, 15) is 14.7 Å². The Labute approximate surface area is 268 Å². The molecule has 1 aromatic rings. The number of aliphatic hydroxyl groups is 1. The van der Waals surface area contributed by atoms with Crippen molar-refractivity contribution in [3.8, 4) is 0 Å². The Morgan fingerprint density at radius 2 is 1.89 bits per heavy atom. The maximum absolute atomic E-state index is 12.2. The van der Waals surface area contributed by atoms with Crippen molar-refractivity contribution in [1.82, 2.24) is 15.5 Å². The number of benzene rings is 1. The fourth-order valence-electron chi connectivity index (χ4n) is 4.26. The molecular weight excluding hydrogens is 578 g/mol. The second kappa shape index (κ2) is 20.2. The van der Waals surface area contributed by atoms with Crippen LogP contribution in [0.3, 0.4) is 0 Å². The largest absolute Gasteiger partial charge is 0.447 e. The minimum Gasteiger partial charge on any atom is -0.447 e. The summed E-state index contributed by atoms with van der Waals surface area (Å²) in [7, 11) is 1.65. The van der Waals surface area contributed by atoms with E-state index in [0.29, 0.717) is 19.6 Å². The molecule has 5 N–H and O–H groups in total. The van der Waals surface area contributed by atoms with Gasteiger partial charge in [0.2, 0.25) is 0 Å². The van der Waals surface area contributed by atoms with Gasteiger partial charge in [-0.25, -0.2) is 4.79 Å². The molecule has 0 saturated carbocycles. The lowest BCUT2D eigenvalue weighted by Gasteiger charge is -2.30. The van der Waals surface area contributed by atoms with Crippen LogP contribution in [0.15, 0.2) is 71.0 Å². The fraction of sp³-hybridized carbons (Fsp3) is 0.441. The molecule has 0 bridgehead atoms. The molecule has 0 unspecified atom stereocenters. The summed E-state index contributed by atoms with van der Waals surface area (Å²) in [5, 5.41) is 15.3. The number of nitrogens with one attached hydrogen (secondary N) is 2. The summed E-state index contributed by atoms with van der Waals surface area (Å²) >= 11 is 6.23. The number of piperidine rings is 1. The summed E-state index contributed by atoms with van der Waals surface area (Å²) in [4.78, 5) is 28.8. The van der Waals surface area contributed by atoms with E-state index in [1.807, 2.05) is 52.0 Å². The zero-order valence-corrected chi connectivity index (χ0v) is 27.9. The SMILES string of the molecule is CC.CC(C)OC(=O)N1CCC(=C2C/C(=C\C=C/N)C=Cc3cc(Cl)ccc32)CC1.CN=CN/C=C/CNC(=O)C(C)(C)O. The molecule has 1 aliphatic carbocycles. The highest BCUT2D eigenvalue weighted by Gasteiger charge is 2.25. The van der Waals surface area contributed by atoms with E-state index in [2.05, 4.69) is 33.8 Å². The van der Waals surface area contributed by atoms with Crippen LogP contribution in [-0.4, -0.2) is 66.7 Å². The molecule has 3 rings (SSSR count). The smallest absolute Gasteiger partial charge is 0.410 e. The van der Waals surface area contributed by atoms with Gasteiger partial charge in [-0.3, -0.25) is 9.79 Å². The zero-order chi connectivity index (χ0) is 33.1. The third-order valence-electron chi connectivity index (χ3n) is 6.36.